The zero-order valence-corrected chi connectivity index (χ0v) is 14.6. The quantitative estimate of drug-likeness (QED) is 0.278. The molecule has 1 unspecified atom stereocenters. The Morgan fingerprint density at radius 2 is 1.78 bits per heavy atom. The fourth-order valence-electron chi connectivity index (χ4n) is 2.52. The van der Waals surface area contributed by atoms with Crippen molar-refractivity contribution in [3.05, 3.63) is 60.2 Å². The van der Waals surface area contributed by atoms with E-state index in [-0.39, 0.29) is 5.97 Å². The van der Waals surface area contributed by atoms with Crippen molar-refractivity contribution in [2.75, 3.05) is 0 Å². The van der Waals surface area contributed by atoms with Gasteiger partial charge in [-0.3, -0.25) is 4.79 Å². The second-order valence-electron chi connectivity index (χ2n) is 5.93. The van der Waals surface area contributed by atoms with E-state index < -0.39 is 6.10 Å². The topological polar surface area (TPSA) is 26.3 Å². The summed E-state index contributed by atoms with van der Waals surface area (Å²) in [5, 5.41) is 0. The molecule has 0 heterocycles. The van der Waals surface area contributed by atoms with Crippen LogP contribution in [0.3, 0.4) is 0 Å². The third-order valence-corrected chi connectivity index (χ3v) is 3.78. The van der Waals surface area contributed by atoms with Crippen molar-refractivity contribution in [3.63, 3.8) is 0 Å². The van der Waals surface area contributed by atoms with Gasteiger partial charge >= 0.3 is 5.97 Å². The van der Waals surface area contributed by atoms with Crippen LogP contribution in [0.1, 0.15) is 70.5 Å². The fraction of sp³-hybridized carbons (Fsp3) is 0.476. The molecular weight excluding hydrogens is 284 g/mol. The van der Waals surface area contributed by atoms with Gasteiger partial charge in [0.05, 0.1) is 0 Å². The molecule has 0 saturated heterocycles. The van der Waals surface area contributed by atoms with Crippen LogP contribution in [0.2, 0.25) is 0 Å². The number of allylic oxidation sites excluding steroid dienone is 1. The van der Waals surface area contributed by atoms with Gasteiger partial charge in [0.15, 0.2) is 6.10 Å². The van der Waals surface area contributed by atoms with E-state index >= 15 is 0 Å². The van der Waals surface area contributed by atoms with Gasteiger partial charge in [-0.15, -0.1) is 0 Å². The summed E-state index contributed by atoms with van der Waals surface area (Å²) in [7, 11) is 0. The summed E-state index contributed by atoms with van der Waals surface area (Å²) in [5.41, 5.74) is 1.77. The van der Waals surface area contributed by atoms with E-state index in [4.69, 9.17) is 4.74 Å². The monoisotopic (exact) mass is 314 g/mol. The second-order valence-corrected chi connectivity index (χ2v) is 5.93. The summed E-state index contributed by atoms with van der Waals surface area (Å²) in [6.07, 6.45) is 12.6. The van der Waals surface area contributed by atoms with Crippen LogP contribution in [0.25, 0.3) is 0 Å². The lowest BCUT2D eigenvalue weighted by atomic mass is 10.0. The largest absolute Gasteiger partial charge is 0.453 e. The molecule has 1 rings (SSSR count). The summed E-state index contributed by atoms with van der Waals surface area (Å²) in [5.74, 6) is -0.288. The molecule has 0 aromatic heterocycles. The predicted octanol–water partition coefficient (Wildman–Crippen LogP) is 6.15. The minimum Gasteiger partial charge on any atom is -0.453 e. The lowest BCUT2D eigenvalue weighted by molar-refractivity contribution is -0.144. The molecule has 0 N–H and O–H groups in total. The van der Waals surface area contributed by atoms with Gasteiger partial charge in [0.25, 0.3) is 0 Å². The van der Waals surface area contributed by atoms with Crippen LogP contribution in [-0.4, -0.2) is 5.97 Å². The Bertz CT molecular complexity index is 488. The van der Waals surface area contributed by atoms with Crippen LogP contribution >= 0.6 is 0 Å². The number of benzene rings is 1. The fourth-order valence-corrected chi connectivity index (χ4v) is 2.52. The third kappa shape index (κ3) is 8.39. The molecule has 126 valence electrons. The van der Waals surface area contributed by atoms with E-state index in [1.165, 1.54) is 45.4 Å². The van der Waals surface area contributed by atoms with E-state index in [0.717, 1.165) is 17.6 Å². The van der Waals surface area contributed by atoms with E-state index in [0.29, 0.717) is 0 Å². The van der Waals surface area contributed by atoms with Gasteiger partial charge in [-0.2, -0.15) is 0 Å². The highest BCUT2D eigenvalue weighted by Gasteiger charge is 2.16. The zero-order valence-electron chi connectivity index (χ0n) is 14.6. The lowest BCUT2D eigenvalue weighted by Gasteiger charge is -2.17. The minimum absolute atomic E-state index is 0.288. The number of hydrogen-bond donors (Lipinski definition) is 0. The highest BCUT2D eigenvalue weighted by molar-refractivity contribution is 5.67. The molecule has 23 heavy (non-hydrogen) atoms. The number of carbonyl (C=O) groups is 1. The van der Waals surface area contributed by atoms with E-state index in [2.05, 4.69) is 19.6 Å². The molecular formula is C21H30O2. The van der Waals surface area contributed by atoms with Crippen LogP contribution in [0.15, 0.2) is 54.6 Å². The molecule has 0 aliphatic carbocycles. The normalized spacial score (nSPS) is 12.3. The highest BCUT2D eigenvalue weighted by Crippen LogP contribution is 2.26. The molecule has 0 saturated carbocycles. The van der Waals surface area contributed by atoms with Crippen LogP contribution in [0.5, 0.6) is 0 Å². The number of rotatable bonds is 11. The Balaban J connectivity index is 2.45. The van der Waals surface area contributed by atoms with E-state index in [9.17, 15) is 4.79 Å². The Morgan fingerprint density at radius 3 is 2.43 bits per heavy atom. The smallest absolute Gasteiger partial charge is 0.303 e. The summed E-state index contributed by atoms with van der Waals surface area (Å²) in [6, 6.07) is 9.75. The van der Waals surface area contributed by atoms with Gasteiger partial charge < -0.3 is 4.74 Å². The highest BCUT2D eigenvalue weighted by atomic mass is 16.5. The Labute approximate surface area is 141 Å². The molecule has 0 spiro atoms. The first-order valence-corrected chi connectivity index (χ1v) is 8.72. The summed E-state index contributed by atoms with van der Waals surface area (Å²) >= 11 is 0. The van der Waals surface area contributed by atoms with Crippen molar-refractivity contribution in [1.82, 2.24) is 0 Å². The van der Waals surface area contributed by atoms with Crippen molar-refractivity contribution in [3.8, 4) is 0 Å². The first-order valence-electron chi connectivity index (χ1n) is 8.72. The maximum atomic E-state index is 11.3. The second kappa shape index (κ2) is 11.7. The molecule has 2 nitrogen and oxygen atoms in total. The Hall–Kier alpha value is -1.83. The van der Waals surface area contributed by atoms with Crippen molar-refractivity contribution in [2.24, 2.45) is 0 Å². The molecule has 0 amide bonds. The van der Waals surface area contributed by atoms with Gasteiger partial charge in [0.2, 0.25) is 0 Å². The number of hydrogen-bond acceptors (Lipinski definition) is 2. The van der Waals surface area contributed by atoms with Crippen molar-refractivity contribution in [1.29, 1.82) is 0 Å². The van der Waals surface area contributed by atoms with E-state index in [1.54, 1.807) is 0 Å². The molecule has 0 aliphatic heterocycles. The summed E-state index contributed by atoms with van der Waals surface area (Å²) < 4.78 is 5.43. The number of carbonyl (C=O) groups excluding carboxylic acids is 1. The molecule has 1 atom stereocenters. The van der Waals surface area contributed by atoms with Crippen molar-refractivity contribution < 1.29 is 9.53 Å². The molecule has 2 heteroatoms. The third-order valence-electron chi connectivity index (χ3n) is 3.78. The van der Waals surface area contributed by atoms with Gasteiger partial charge in [0.1, 0.15) is 0 Å². The average molecular weight is 314 g/mol. The van der Waals surface area contributed by atoms with Gasteiger partial charge in [-0.1, -0.05) is 88.1 Å². The van der Waals surface area contributed by atoms with Crippen LogP contribution in [0.4, 0.5) is 0 Å². The summed E-state index contributed by atoms with van der Waals surface area (Å²) in [6.45, 7) is 7.75. The van der Waals surface area contributed by atoms with Crippen LogP contribution in [0, 0.1) is 0 Å². The minimum atomic E-state index is -0.394. The maximum absolute atomic E-state index is 11.3. The first-order chi connectivity index (χ1) is 11.1. The molecule has 0 bridgehead atoms. The Kier molecular flexibility index (Phi) is 9.78. The molecule has 1 aromatic carbocycles. The van der Waals surface area contributed by atoms with Gasteiger partial charge in [-0.25, -0.2) is 0 Å². The average Bonchev–Trinajstić information content (AvgIpc) is 2.55. The van der Waals surface area contributed by atoms with Gasteiger partial charge in [0, 0.05) is 6.92 Å². The standard InChI is InChI=1S/C21H30O2/c1-4-5-6-7-8-9-10-12-15-18(2)21(23-19(3)22)20-16-13-11-14-17-20/h11-17,21H,2,4-10H2,1,3H3/b15-12+. The first kappa shape index (κ1) is 19.2. The number of unbranched alkanes of at least 4 members (excludes halogenated alkanes) is 6. The molecule has 0 fully saturated rings. The Morgan fingerprint density at radius 1 is 1.13 bits per heavy atom. The molecule has 1 aromatic rings. The van der Waals surface area contributed by atoms with Crippen molar-refractivity contribution in [2.45, 2.75) is 64.9 Å². The van der Waals surface area contributed by atoms with Crippen LogP contribution in [-0.2, 0) is 9.53 Å². The SMILES string of the molecule is C=C(/C=C/CCCCCCCC)C(OC(C)=O)c1ccccc1. The predicted molar refractivity (Wildman–Crippen MR) is 97.2 cm³/mol. The number of esters is 1. The molecule has 0 radical (unpaired) electrons. The molecule has 0 aliphatic rings. The van der Waals surface area contributed by atoms with E-state index in [1.807, 2.05) is 36.4 Å². The van der Waals surface area contributed by atoms with Gasteiger partial charge in [-0.05, 0) is 24.0 Å². The maximum Gasteiger partial charge on any atom is 0.303 e. The summed E-state index contributed by atoms with van der Waals surface area (Å²) in [4.78, 5) is 11.3. The zero-order chi connectivity index (χ0) is 16.9. The van der Waals surface area contributed by atoms with Crippen molar-refractivity contribution >= 4 is 5.97 Å². The number of ether oxygens (including phenoxy) is 1. The van der Waals surface area contributed by atoms with Crippen LogP contribution < -0.4 is 0 Å². The lowest BCUT2D eigenvalue weighted by Crippen LogP contribution is -2.09.